The number of ether oxygens (including phenoxy) is 1. The number of rotatable bonds is 7. The minimum atomic E-state index is -0.759. The maximum Gasteiger partial charge on any atom is 0.119 e. The Labute approximate surface area is 94.3 Å². The third-order valence-corrected chi connectivity index (χ3v) is 1.97. The fraction of sp³-hybridized carbons (Fsp3) is 0.455. The summed E-state index contributed by atoms with van der Waals surface area (Å²) in [6.07, 6.45) is -0.759. The third-order valence-electron chi connectivity index (χ3n) is 1.97. The summed E-state index contributed by atoms with van der Waals surface area (Å²) in [5.74, 6) is 0.683. The lowest BCUT2D eigenvalue weighted by molar-refractivity contribution is 0.105. The van der Waals surface area contributed by atoms with E-state index in [1.807, 2.05) is 0 Å². The van der Waals surface area contributed by atoms with Crippen LogP contribution in [0.3, 0.4) is 0 Å². The van der Waals surface area contributed by atoms with Crippen LogP contribution in [-0.4, -0.2) is 47.8 Å². The van der Waals surface area contributed by atoms with Gasteiger partial charge in [0, 0.05) is 12.2 Å². The van der Waals surface area contributed by atoms with Crippen molar-refractivity contribution in [3.05, 3.63) is 24.3 Å². The molecule has 0 saturated heterocycles. The summed E-state index contributed by atoms with van der Waals surface area (Å²) in [6.45, 7) is 0.302. The van der Waals surface area contributed by atoms with Gasteiger partial charge >= 0.3 is 0 Å². The largest absolute Gasteiger partial charge is 0.491 e. The van der Waals surface area contributed by atoms with E-state index < -0.39 is 6.10 Å². The molecule has 1 atom stereocenters. The summed E-state index contributed by atoms with van der Waals surface area (Å²) in [7, 11) is 0. The van der Waals surface area contributed by atoms with E-state index in [1.54, 1.807) is 24.3 Å². The first-order chi connectivity index (χ1) is 7.76. The monoisotopic (exact) mass is 227 g/mol. The van der Waals surface area contributed by atoms with Crippen molar-refractivity contribution in [2.45, 2.75) is 6.10 Å². The zero-order valence-electron chi connectivity index (χ0n) is 8.97. The van der Waals surface area contributed by atoms with E-state index in [2.05, 4.69) is 5.32 Å². The second-order valence-electron chi connectivity index (χ2n) is 3.31. The molecule has 0 amide bonds. The smallest absolute Gasteiger partial charge is 0.119 e. The van der Waals surface area contributed by atoms with Crippen LogP contribution in [0.1, 0.15) is 0 Å². The molecule has 0 aliphatic carbocycles. The van der Waals surface area contributed by atoms with Crippen LogP contribution in [-0.2, 0) is 0 Å². The summed E-state index contributed by atoms with van der Waals surface area (Å²) < 4.78 is 5.19. The van der Waals surface area contributed by atoms with Crippen LogP contribution in [0.25, 0.3) is 0 Å². The number of aliphatic hydroxyl groups excluding tert-OH is 3. The van der Waals surface area contributed by atoms with Crippen LogP contribution in [0.5, 0.6) is 5.75 Å². The van der Waals surface area contributed by atoms with Crippen molar-refractivity contribution in [3.8, 4) is 5.75 Å². The zero-order valence-corrected chi connectivity index (χ0v) is 8.97. The Morgan fingerprint density at radius 1 is 1.19 bits per heavy atom. The lowest BCUT2D eigenvalue weighted by atomic mass is 10.3. The predicted molar refractivity (Wildman–Crippen MR) is 60.6 cm³/mol. The molecule has 0 aliphatic heterocycles. The predicted octanol–water partition coefficient (Wildman–Crippen LogP) is -0.177. The standard InChI is InChI=1S/C11H17NO4/c13-5-6-16-11-3-1-9(2-4-11)12-7-10(15)8-14/h1-4,10,12-15H,5-8H2. The molecule has 0 saturated carbocycles. The van der Waals surface area contributed by atoms with E-state index >= 15 is 0 Å². The highest BCUT2D eigenvalue weighted by Gasteiger charge is 2.01. The van der Waals surface area contributed by atoms with E-state index in [0.717, 1.165) is 5.69 Å². The highest BCUT2D eigenvalue weighted by molar-refractivity contribution is 5.46. The Balaban J connectivity index is 2.38. The molecular formula is C11H17NO4. The Kier molecular flexibility index (Phi) is 5.63. The van der Waals surface area contributed by atoms with Gasteiger partial charge in [-0.15, -0.1) is 0 Å². The number of nitrogens with one attached hydrogen (secondary N) is 1. The van der Waals surface area contributed by atoms with E-state index in [-0.39, 0.29) is 19.8 Å². The molecule has 0 spiro atoms. The Morgan fingerprint density at radius 2 is 1.88 bits per heavy atom. The van der Waals surface area contributed by atoms with E-state index in [9.17, 15) is 0 Å². The van der Waals surface area contributed by atoms with Crippen molar-refractivity contribution in [2.75, 3.05) is 31.7 Å². The quantitative estimate of drug-likeness (QED) is 0.519. The van der Waals surface area contributed by atoms with Gasteiger partial charge in [-0.05, 0) is 24.3 Å². The summed E-state index contributed by atoms with van der Waals surface area (Å²) in [5.41, 5.74) is 0.837. The molecule has 0 fully saturated rings. The maximum absolute atomic E-state index is 9.13. The Morgan fingerprint density at radius 3 is 2.44 bits per heavy atom. The molecule has 0 aliphatic rings. The first kappa shape index (κ1) is 12.8. The van der Waals surface area contributed by atoms with Gasteiger partial charge in [0.25, 0.3) is 0 Å². The van der Waals surface area contributed by atoms with Crippen LogP contribution in [0.4, 0.5) is 5.69 Å². The summed E-state index contributed by atoms with van der Waals surface area (Å²) >= 11 is 0. The molecule has 5 heteroatoms. The topological polar surface area (TPSA) is 82.0 Å². The fourth-order valence-electron chi connectivity index (χ4n) is 1.13. The van der Waals surface area contributed by atoms with Crippen LogP contribution in [0, 0.1) is 0 Å². The van der Waals surface area contributed by atoms with Gasteiger partial charge in [-0.25, -0.2) is 0 Å². The van der Waals surface area contributed by atoms with Gasteiger partial charge in [0.05, 0.1) is 19.3 Å². The molecule has 5 nitrogen and oxygen atoms in total. The summed E-state index contributed by atoms with van der Waals surface area (Å²) in [6, 6.07) is 7.14. The lowest BCUT2D eigenvalue weighted by Gasteiger charge is -2.10. The molecular weight excluding hydrogens is 210 g/mol. The molecule has 1 aromatic rings. The van der Waals surface area contributed by atoms with Gasteiger partial charge in [-0.3, -0.25) is 0 Å². The maximum atomic E-state index is 9.13. The van der Waals surface area contributed by atoms with E-state index in [0.29, 0.717) is 12.3 Å². The summed E-state index contributed by atoms with van der Waals surface area (Å²) in [5, 5.41) is 29.3. The second-order valence-corrected chi connectivity index (χ2v) is 3.31. The average Bonchev–Trinajstić information content (AvgIpc) is 2.34. The first-order valence-corrected chi connectivity index (χ1v) is 5.12. The molecule has 0 aromatic heterocycles. The van der Waals surface area contributed by atoms with Gasteiger partial charge in [0.15, 0.2) is 0 Å². The second kappa shape index (κ2) is 7.05. The molecule has 90 valence electrons. The minimum absolute atomic E-state index is 0.0112. The fourth-order valence-corrected chi connectivity index (χ4v) is 1.13. The van der Waals surface area contributed by atoms with Gasteiger partial charge in [0.2, 0.25) is 0 Å². The van der Waals surface area contributed by atoms with Gasteiger partial charge < -0.3 is 25.4 Å². The molecule has 16 heavy (non-hydrogen) atoms. The average molecular weight is 227 g/mol. The highest BCUT2D eigenvalue weighted by atomic mass is 16.5. The van der Waals surface area contributed by atoms with Gasteiger partial charge in [0.1, 0.15) is 12.4 Å². The van der Waals surface area contributed by atoms with Crippen LogP contribution in [0.15, 0.2) is 24.3 Å². The molecule has 1 aromatic carbocycles. The van der Waals surface area contributed by atoms with Crippen molar-refractivity contribution >= 4 is 5.69 Å². The number of hydrogen-bond donors (Lipinski definition) is 4. The first-order valence-electron chi connectivity index (χ1n) is 5.12. The van der Waals surface area contributed by atoms with Crippen molar-refractivity contribution < 1.29 is 20.1 Å². The number of hydrogen-bond acceptors (Lipinski definition) is 5. The van der Waals surface area contributed by atoms with E-state index in [1.165, 1.54) is 0 Å². The SMILES string of the molecule is OCCOc1ccc(NCC(O)CO)cc1. The minimum Gasteiger partial charge on any atom is -0.491 e. The highest BCUT2D eigenvalue weighted by Crippen LogP contribution is 2.15. The van der Waals surface area contributed by atoms with E-state index in [4.69, 9.17) is 20.1 Å². The van der Waals surface area contributed by atoms with Crippen molar-refractivity contribution in [1.82, 2.24) is 0 Å². The van der Waals surface area contributed by atoms with Gasteiger partial charge in [-0.2, -0.15) is 0 Å². The normalized spacial score (nSPS) is 12.2. The summed E-state index contributed by atoms with van der Waals surface area (Å²) in [4.78, 5) is 0. The van der Waals surface area contributed by atoms with Crippen LogP contribution >= 0.6 is 0 Å². The van der Waals surface area contributed by atoms with Crippen molar-refractivity contribution in [2.24, 2.45) is 0 Å². The number of benzene rings is 1. The van der Waals surface area contributed by atoms with Crippen molar-refractivity contribution in [3.63, 3.8) is 0 Å². The van der Waals surface area contributed by atoms with Crippen molar-refractivity contribution in [1.29, 1.82) is 0 Å². The Hall–Kier alpha value is -1.30. The van der Waals surface area contributed by atoms with Gasteiger partial charge in [-0.1, -0.05) is 0 Å². The lowest BCUT2D eigenvalue weighted by Crippen LogP contribution is -2.22. The third kappa shape index (κ3) is 4.48. The molecule has 0 heterocycles. The zero-order chi connectivity index (χ0) is 11.8. The molecule has 1 rings (SSSR count). The molecule has 1 unspecified atom stereocenters. The molecule has 0 radical (unpaired) electrons. The molecule has 4 N–H and O–H groups in total. The Bertz CT molecular complexity index is 289. The number of anilines is 1. The van der Waals surface area contributed by atoms with Crippen LogP contribution in [0.2, 0.25) is 0 Å². The van der Waals surface area contributed by atoms with Crippen LogP contribution < -0.4 is 10.1 Å². The molecule has 0 bridgehead atoms. The number of aliphatic hydroxyl groups is 3.